The molecular formula is C9H10IO2+. The number of alkyl halides is 2. The van der Waals surface area contributed by atoms with Crippen LogP contribution in [0.2, 0.25) is 0 Å². The van der Waals surface area contributed by atoms with Gasteiger partial charge in [-0.15, -0.1) is 0 Å². The number of aliphatic carboxylic acids is 1. The molecule has 0 saturated heterocycles. The standard InChI is InChI=1S/C9H9IO2/c1-10-8(9(11)12)7-5-3-2-4-6-7/h2-6,8H,1H3/p+1. The maximum Gasteiger partial charge on any atom is 0.360 e. The zero-order chi connectivity index (χ0) is 8.97. The molecule has 0 aliphatic rings. The van der Waals surface area contributed by atoms with Crippen molar-refractivity contribution in [2.45, 2.75) is 3.92 Å². The lowest BCUT2D eigenvalue weighted by atomic mass is 10.2. The monoisotopic (exact) mass is 277 g/mol. The Bertz CT molecular complexity index is 258. The summed E-state index contributed by atoms with van der Waals surface area (Å²) in [6.45, 7) is 0. The average Bonchev–Trinajstić information content (AvgIpc) is 2.07. The first-order valence-electron chi connectivity index (χ1n) is 3.51. The van der Waals surface area contributed by atoms with Crippen LogP contribution in [-0.2, 0) is 4.79 Å². The van der Waals surface area contributed by atoms with Gasteiger partial charge in [0.1, 0.15) is 4.93 Å². The molecule has 2 nitrogen and oxygen atoms in total. The molecule has 1 atom stereocenters. The van der Waals surface area contributed by atoms with Crippen molar-refractivity contribution in [3.05, 3.63) is 35.9 Å². The van der Waals surface area contributed by atoms with Crippen LogP contribution in [0.25, 0.3) is 0 Å². The molecule has 0 aliphatic heterocycles. The van der Waals surface area contributed by atoms with E-state index in [1.165, 1.54) is 0 Å². The first-order valence-corrected chi connectivity index (χ1v) is 6.92. The highest BCUT2D eigenvalue weighted by molar-refractivity contribution is 5.73. The molecule has 1 aromatic carbocycles. The van der Waals surface area contributed by atoms with Crippen molar-refractivity contribution in [3.8, 4) is 0 Å². The maximum atomic E-state index is 10.8. The van der Waals surface area contributed by atoms with E-state index < -0.39 is 5.97 Å². The minimum absolute atomic E-state index is 0.245. The van der Waals surface area contributed by atoms with E-state index in [0.29, 0.717) is 0 Å². The zero-order valence-corrected chi connectivity index (χ0v) is 8.86. The number of carboxylic acid groups (broad SMARTS) is 1. The third-order valence-electron chi connectivity index (χ3n) is 1.53. The van der Waals surface area contributed by atoms with Crippen molar-refractivity contribution in [1.82, 2.24) is 0 Å². The van der Waals surface area contributed by atoms with Crippen molar-refractivity contribution in [2.75, 3.05) is 4.93 Å². The van der Waals surface area contributed by atoms with Crippen LogP contribution in [0.15, 0.2) is 30.3 Å². The molecule has 0 aromatic heterocycles. The predicted octanol–water partition coefficient (Wildman–Crippen LogP) is -1.47. The molecule has 0 radical (unpaired) electrons. The van der Waals surface area contributed by atoms with Gasteiger partial charge in [-0.3, -0.25) is 0 Å². The lowest BCUT2D eigenvalue weighted by Crippen LogP contribution is -3.61. The topological polar surface area (TPSA) is 37.3 Å². The Morgan fingerprint density at radius 3 is 2.42 bits per heavy atom. The molecule has 0 heterocycles. The number of benzene rings is 1. The summed E-state index contributed by atoms with van der Waals surface area (Å²) in [6.07, 6.45) is 0. The van der Waals surface area contributed by atoms with Crippen LogP contribution in [0.1, 0.15) is 9.49 Å². The Morgan fingerprint density at radius 1 is 1.42 bits per heavy atom. The lowest BCUT2D eigenvalue weighted by molar-refractivity contribution is -0.658. The summed E-state index contributed by atoms with van der Waals surface area (Å²) in [4.78, 5) is 12.7. The van der Waals surface area contributed by atoms with Gasteiger partial charge in [-0.25, -0.2) is 4.79 Å². The van der Waals surface area contributed by atoms with Crippen molar-refractivity contribution in [3.63, 3.8) is 0 Å². The van der Waals surface area contributed by atoms with Crippen molar-refractivity contribution in [1.29, 1.82) is 0 Å². The predicted molar refractivity (Wildman–Crippen MR) is 42.7 cm³/mol. The second kappa shape index (κ2) is 4.45. The normalized spacial score (nSPS) is 12.4. The Kier molecular flexibility index (Phi) is 3.52. The molecular weight excluding hydrogens is 267 g/mol. The van der Waals surface area contributed by atoms with Crippen LogP contribution in [0, 0.1) is 0 Å². The third kappa shape index (κ3) is 2.20. The highest BCUT2D eigenvalue weighted by Crippen LogP contribution is 2.05. The smallest absolute Gasteiger partial charge is 0.360 e. The molecule has 0 fully saturated rings. The molecule has 12 heavy (non-hydrogen) atoms. The van der Waals surface area contributed by atoms with Crippen LogP contribution >= 0.6 is 0 Å². The fourth-order valence-corrected chi connectivity index (χ4v) is 2.65. The Morgan fingerprint density at radius 2 is 2.00 bits per heavy atom. The minimum Gasteiger partial charge on any atom is -0.478 e. The maximum absolute atomic E-state index is 10.8. The average molecular weight is 277 g/mol. The summed E-state index contributed by atoms with van der Waals surface area (Å²) >= 11 is -0.277. The Balaban J connectivity index is 2.88. The van der Waals surface area contributed by atoms with E-state index in [4.69, 9.17) is 5.11 Å². The van der Waals surface area contributed by atoms with Crippen molar-refractivity contribution in [2.24, 2.45) is 0 Å². The number of rotatable bonds is 3. The fourth-order valence-electron chi connectivity index (χ4n) is 0.984. The summed E-state index contributed by atoms with van der Waals surface area (Å²) in [7, 11) is 0. The van der Waals surface area contributed by atoms with Crippen LogP contribution in [0.3, 0.4) is 0 Å². The number of carbonyl (C=O) groups is 1. The van der Waals surface area contributed by atoms with E-state index in [9.17, 15) is 4.79 Å². The molecule has 0 bridgehead atoms. The van der Waals surface area contributed by atoms with Gasteiger partial charge in [0.25, 0.3) is 25.1 Å². The summed E-state index contributed by atoms with van der Waals surface area (Å²) in [5.41, 5.74) is 0.931. The van der Waals surface area contributed by atoms with Crippen molar-refractivity contribution >= 4 is 5.97 Å². The fraction of sp³-hybridized carbons (Fsp3) is 0.222. The van der Waals surface area contributed by atoms with Gasteiger partial charge < -0.3 is 5.11 Å². The van der Waals surface area contributed by atoms with Crippen LogP contribution < -0.4 is 21.2 Å². The zero-order valence-electron chi connectivity index (χ0n) is 6.70. The van der Waals surface area contributed by atoms with Crippen LogP contribution in [0.5, 0.6) is 0 Å². The molecule has 3 heteroatoms. The number of hydrogen-bond acceptors (Lipinski definition) is 1. The van der Waals surface area contributed by atoms with Gasteiger partial charge >= 0.3 is 5.97 Å². The summed E-state index contributed by atoms with van der Waals surface area (Å²) in [6, 6.07) is 9.41. The van der Waals surface area contributed by atoms with E-state index in [-0.39, 0.29) is 25.1 Å². The van der Waals surface area contributed by atoms with Gasteiger partial charge in [-0.05, 0) is 0 Å². The van der Waals surface area contributed by atoms with Gasteiger partial charge in [-0.1, -0.05) is 30.3 Å². The highest BCUT2D eigenvalue weighted by Gasteiger charge is 2.29. The second-order valence-electron chi connectivity index (χ2n) is 2.33. The van der Waals surface area contributed by atoms with E-state index in [1.54, 1.807) is 0 Å². The molecule has 0 amide bonds. The van der Waals surface area contributed by atoms with Gasteiger partial charge in [0.2, 0.25) is 0 Å². The van der Waals surface area contributed by atoms with Gasteiger partial charge in [0, 0.05) is 5.56 Å². The van der Waals surface area contributed by atoms with E-state index >= 15 is 0 Å². The molecule has 0 saturated carbocycles. The van der Waals surface area contributed by atoms with Crippen LogP contribution in [0.4, 0.5) is 0 Å². The molecule has 0 aliphatic carbocycles. The molecule has 1 rings (SSSR count). The van der Waals surface area contributed by atoms with Gasteiger partial charge in [-0.2, -0.15) is 0 Å². The minimum atomic E-state index is -0.698. The van der Waals surface area contributed by atoms with E-state index in [1.807, 2.05) is 35.3 Å². The van der Waals surface area contributed by atoms with E-state index in [0.717, 1.165) is 5.56 Å². The molecule has 1 unspecified atom stereocenters. The second-order valence-corrected chi connectivity index (χ2v) is 4.82. The SMILES string of the molecule is C[I+]C(C(=O)O)c1ccccc1. The van der Waals surface area contributed by atoms with Crippen molar-refractivity contribution < 1.29 is 31.1 Å². The third-order valence-corrected chi connectivity index (χ3v) is 4.02. The quantitative estimate of drug-likeness (QED) is 0.541. The molecule has 64 valence electrons. The largest absolute Gasteiger partial charge is 0.478 e. The number of hydrogen-bond donors (Lipinski definition) is 1. The lowest BCUT2D eigenvalue weighted by Gasteiger charge is -1.98. The first-order chi connectivity index (χ1) is 5.75. The first kappa shape index (κ1) is 9.51. The summed E-state index contributed by atoms with van der Waals surface area (Å²) < 4.78 is -0.245. The summed E-state index contributed by atoms with van der Waals surface area (Å²) in [5.74, 6) is -0.698. The van der Waals surface area contributed by atoms with E-state index in [2.05, 4.69) is 0 Å². The number of halogens is 1. The number of carboxylic acids is 1. The van der Waals surface area contributed by atoms with Gasteiger partial charge in [0.15, 0.2) is 0 Å². The highest BCUT2D eigenvalue weighted by atomic mass is 127. The van der Waals surface area contributed by atoms with Crippen LogP contribution in [-0.4, -0.2) is 16.0 Å². The molecule has 1 aromatic rings. The molecule has 1 N–H and O–H groups in total. The van der Waals surface area contributed by atoms with Gasteiger partial charge in [0.05, 0.1) is 0 Å². The molecule has 0 spiro atoms. The summed E-state index contributed by atoms with van der Waals surface area (Å²) in [5, 5.41) is 8.85. The Hall–Kier alpha value is -0.580. The Labute approximate surface area is 81.9 Å².